The van der Waals surface area contributed by atoms with Gasteiger partial charge >= 0.3 is 0 Å². The second-order valence-electron chi connectivity index (χ2n) is 3.54. The lowest BCUT2D eigenvalue weighted by Crippen LogP contribution is -2.29. The van der Waals surface area contributed by atoms with Crippen LogP contribution >= 0.6 is 12.6 Å². The van der Waals surface area contributed by atoms with E-state index in [0.717, 1.165) is 6.42 Å². The van der Waals surface area contributed by atoms with Crippen molar-refractivity contribution < 1.29 is 9.47 Å². The molecular weight excluding hydrogens is 220 g/mol. The normalized spacial score (nSPS) is 13.0. The third-order valence-electron chi connectivity index (χ3n) is 2.26. The molecule has 0 aliphatic carbocycles. The summed E-state index contributed by atoms with van der Waals surface area (Å²) >= 11 is 4.55. The average molecular weight is 240 g/mol. The Kier molecular flexibility index (Phi) is 6.53. The van der Waals surface area contributed by atoms with E-state index in [-0.39, 0.29) is 11.5 Å². The lowest BCUT2D eigenvalue weighted by Gasteiger charge is -2.22. The molecule has 90 valence electrons. The van der Waals surface area contributed by atoms with Crippen molar-refractivity contribution in [1.29, 1.82) is 0 Å². The average Bonchev–Trinajstić information content (AvgIpc) is 2.30. The van der Waals surface area contributed by atoms with Crippen molar-refractivity contribution in [2.24, 2.45) is 0 Å². The molecule has 0 heterocycles. The van der Waals surface area contributed by atoms with Crippen molar-refractivity contribution in [1.82, 2.24) is 0 Å². The molecule has 0 radical (unpaired) electrons. The Balaban J connectivity index is 2.51. The molecule has 1 unspecified atom stereocenters. The molecule has 1 aromatic carbocycles. The zero-order chi connectivity index (χ0) is 11.8. The molecule has 0 amide bonds. The summed E-state index contributed by atoms with van der Waals surface area (Å²) < 4.78 is 11.0. The molecule has 0 aromatic heterocycles. The summed E-state index contributed by atoms with van der Waals surface area (Å²) in [7, 11) is 0. The minimum Gasteiger partial charge on any atom is -0.352 e. The Bertz CT molecular complexity index is 271. The fraction of sp³-hybridized carbons (Fsp3) is 0.538. The lowest BCUT2D eigenvalue weighted by molar-refractivity contribution is -0.135. The van der Waals surface area contributed by atoms with Crippen molar-refractivity contribution in [3.8, 4) is 0 Å². The van der Waals surface area contributed by atoms with Crippen molar-refractivity contribution in [3.05, 3.63) is 35.9 Å². The zero-order valence-electron chi connectivity index (χ0n) is 9.93. The van der Waals surface area contributed by atoms with Gasteiger partial charge in [0, 0.05) is 13.2 Å². The summed E-state index contributed by atoms with van der Waals surface area (Å²) in [6.07, 6.45) is 0.632. The van der Waals surface area contributed by atoms with Crippen LogP contribution in [0.2, 0.25) is 0 Å². The standard InChI is InChI=1S/C13H20O2S/c1-3-14-13(15-4-2)12(16)10-11-8-6-5-7-9-11/h5-9,12-13,16H,3-4,10H2,1-2H3. The fourth-order valence-electron chi connectivity index (χ4n) is 1.55. The van der Waals surface area contributed by atoms with Crippen LogP contribution < -0.4 is 0 Å². The number of hydrogen-bond acceptors (Lipinski definition) is 3. The van der Waals surface area contributed by atoms with Gasteiger partial charge in [-0.05, 0) is 25.8 Å². The molecule has 16 heavy (non-hydrogen) atoms. The number of benzene rings is 1. The van der Waals surface area contributed by atoms with Gasteiger partial charge in [0.25, 0.3) is 0 Å². The van der Waals surface area contributed by atoms with Gasteiger partial charge in [0.2, 0.25) is 0 Å². The van der Waals surface area contributed by atoms with E-state index in [1.807, 2.05) is 32.0 Å². The first-order valence-electron chi connectivity index (χ1n) is 5.73. The van der Waals surface area contributed by atoms with Gasteiger partial charge in [0.15, 0.2) is 6.29 Å². The van der Waals surface area contributed by atoms with Gasteiger partial charge in [-0.25, -0.2) is 0 Å². The first-order chi connectivity index (χ1) is 7.77. The number of hydrogen-bond donors (Lipinski definition) is 1. The van der Waals surface area contributed by atoms with E-state index in [4.69, 9.17) is 9.47 Å². The predicted molar refractivity (Wildman–Crippen MR) is 70.0 cm³/mol. The Morgan fingerprint density at radius 1 is 1.06 bits per heavy atom. The topological polar surface area (TPSA) is 18.5 Å². The molecule has 2 nitrogen and oxygen atoms in total. The summed E-state index contributed by atoms with van der Waals surface area (Å²) in [6, 6.07) is 10.3. The maximum Gasteiger partial charge on any atom is 0.169 e. The van der Waals surface area contributed by atoms with Crippen molar-refractivity contribution in [2.75, 3.05) is 13.2 Å². The Labute approximate surface area is 103 Å². The van der Waals surface area contributed by atoms with Gasteiger partial charge in [0.1, 0.15) is 0 Å². The van der Waals surface area contributed by atoms with Gasteiger partial charge in [-0.1, -0.05) is 30.3 Å². The smallest absolute Gasteiger partial charge is 0.169 e. The van der Waals surface area contributed by atoms with Crippen LogP contribution in [-0.4, -0.2) is 24.8 Å². The second kappa shape index (κ2) is 7.71. The maximum absolute atomic E-state index is 5.52. The highest BCUT2D eigenvalue weighted by atomic mass is 32.1. The predicted octanol–water partition coefficient (Wildman–Crippen LogP) is 2.93. The zero-order valence-corrected chi connectivity index (χ0v) is 10.8. The van der Waals surface area contributed by atoms with Crippen LogP contribution in [0.3, 0.4) is 0 Å². The van der Waals surface area contributed by atoms with Crippen molar-refractivity contribution in [3.63, 3.8) is 0 Å². The molecule has 0 N–H and O–H groups in total. The summed E-state index contributed by atoms with van der Waals surface area (Å²) in [5.74, 6) is 0. The maximum atomic E-state index is 5.52. The van der Waals surface area contributed by atoms with E-state index >= 15 is 0 Å². The van der Waals surface area contributed by atoms with Crippen molar-refractivity contribution in [2.45, 2.75) is 31.8 Å². The van der Waals surface area contributed by atoms with Gasteiger partial charge in [0.05, 0.1) is 5.25 Å². The molecule has 0 fully saturated rings. The minimum absolute atomic E-state index is 0.0716. The number of rotatable bonds is 7. The van der Waals surface area contributed by atoms with Crippen LogP contribution in [0.15, 0.2) is 30.3 Å². The molecule has 0 saturated heterocycles. The van der Waals surface area contributed by atoms with Gasteiger partial charge in [-0.3, -0.25) is 0 Å². The highest BCUT2D eigenvalue weighted by molar-refractivity contribution is 7.81. The molecular formula is C13H20O2S. The molecule has 0 spiro atoms. The largest absolute Gasteiger partial charge is 0.352 e. The Hall–Kier alpha value is -0.510. The molecule has 3 heteroatoms. The Morgan fingerprint density at radius 2 is 1.62 bits per heavy atom. The summed E-state index contributed by atoms with van der Waals surface area (Å²) in [6.45, 7) is 5.23. The van der Waals surface area contributed by atoms with Crippen LogP contribution in [0, 0.1) is 0 Å². The highest BCUT2D eigenvalue weighted by Gasteiger charge is 2.18. The van der Waals surface area contributed by atoms with Gasteiger partial charge in [-0.2, -0.15) is 12.6 Å². The fourth-order valence-corrected chi connectivity index (χ4v) is 1.93. The van der Waals surface area contributed by atoms with E-state index in [1.165, 1.54) is 5.56 Å². The number of thiol groups is 1. The SMILES string of the molecule is CCOC(OCC)C(S)Cc1ccccc1. The van der Waals surface area contributed by atoms with Crippen LogP contribution in [0.5, 0.6) is 0 Å². The van der Waals surface area contributed by atoms with E-state index in [2.05, 4.69) is 24.8 Å². The monoisotopic (exact) mass is 240 g/mol. The summed E-state index contributed by atoms with van der Waals surface area (Å²) in [5, 5.41) is 0.0716. The van der Waals surface area contributed by atoms with E-state index < -0.39 is 0 Å². The van der Waals surface area contributed by atoms with Gasteiger partial charge in [-0.15, -0.1) is 0 Å². The van der Waals surface area contributed by atoms with Crippen LogP contribution in [-0.2, 0) is 15.9 Å². The summed E-state index contributed by atoms with van der Waals surface area (Å²) in [4.78, 5) is 0. The quantitative estimate of drug-likeness (QED) is 0.583. The highest BCUT2D eigenvalue weighted by Crippen LogP contribution is 2.14. The third-order valence-corrected chi connectivity index (χ3v) is 2.69. The molecule has 0 saturated carbocycles. The first kappa shape index (κ1) is 13.6. The number of ether oxygens (including phenoxy) is 2. The first-order valence-corrected chi connectivity index (χ1v) is 6.24. The molecule has 0 aliphatic heterocycles. The summed E-state index contributed by atoms with van der Waals surface area (Å²) in [5.41, 5.74) is 1.26. The van der Waals surface area contributed by atoms with Crippen LogP contribution in [0.4, 0.5) is 0 Å². The van der Waals surface area contributed by atoms with E-state index in [0.29, 0.717) is 13.2 Å². The van der Waals surface area contributed by atoms with Crippen molar-refractivity contribution >= 4 is 12.6 Å². The third kappa shape index (κ3) is 4.56. The van der Waals surface area contributed by atoms with Gasteiger partial charge < -0.3 is 9.47 Å². The lowest BCUT2D eigenvalue weighted by atomic mass is 10.1. The molecule has 1 atom stereocenters. The van der Waals surface area contributed by atoms with Crippen LogP contribution in [0.25, 0.3) is 0 Å². The second-order valence-corrected chi connectivity index (χ2v) is 4.20. The molecule has 0 bridgehead atoms. The van der Waals surface area contributed by atoms with E-state index in [9.17, 15) is 0 Å². The molecule has 1 aromatic rings. The Morgan fingerprint density at radius 3 is 2.12 bits per heavy atom. The van der Waals surface area contributed by atoms with Crippen LogP contribution in [0.1, 0.15) is 19.4 Å². The molecule has 1 rings (SSSR count). The minimum atomic E-state index is -0.224. The van der Waals surface area contributed by atoms with E-state index in [1.54, 1.807) is 0 Å². The molecule has 0 aliphatic rings.